The van der Waals surface area contributed by atoms with E-state index in [-0.39, 0.29) is 0 Å². The van der Waals surface area contributed by atoms with E-state index in [0.717, 1.165) is 26.2 Å². The van der Waals surface area contributed by atoms with Crippen LogP contribution < -0.4 is 0 Å². The van der Waals surface area contributed by atoms with Gasteiger partial charge in [0.05, 0.1) is 23.1 Å². The molecule has 1 aromatic carbocycles. The van der Waals surface area contributed by atoms with Gasteiger partial charge in [-0.25, -0.2) is 4.98 Å². The van der Waals surface area contributed by atoms with Gasteiger partial charge in [-0.2, -0.15) is 5.26 Å². The number of rotatable bonds is 2. The molecule has 4 heteroatoms. The predicted octanol–water partition coefficient (Wildman–Crippen LogP) is 3.84. The highest BCUT2D eigenvalue weighted by atomic mass is 35.5. The van der Waals surface area contributed by atoms with Crippen LogP contribution in [0.1, 0.15) is 10.7 Å². The van der Waals surface area contributed by atoms with Crippen molar-refractivity contribution in [3.8, 4) is 16.5 Å². The van der Waals surface area contributed by atoms with Crippen LogP contribution in [-0.4, -0.2) is 4.98 Å². The summed E-state index contributed by atoms with van der Waals surface area (Å²) in [7, 11) is 0. The molecule has 0 N–H and O–H groups in total. The Kier molecular flexibility index (Phi) is 3.23. The normalized spacial score (nSPS) is 10.1. The first-order valence-corrected chi connectivity index (χ1v) is 5.99. The van der Waals surface area contributed by atoms with Crippen LogP contribution in [0.15, 0.2) is 24.3 Å². The van der Waals surface area contributed by atoms with Gasteiger partial charge in [0.1, 0.15) is 5.01 Å². The van der Waals surface area contributed by atoms with Crippen molar-refractivity contribution in [2.45, 2.75) is 13.3 Å². The minimum Gasteiger partial charge on any atom is -0.245 e. The molecule has 0 bridgehead atoms. The summed E-state index contributed by atoms with van der Waals surface area (Å²) in [6, 6.07) is 9.78. The van der Waals surface area contributed by atoms with Crippen molar-refractivity contribution in [2.75, 3.05) is 0 Å². The Morgan fingerprint density at radius 2 is 2.06 bits per heavy atom. The van der Waals surface area contributed by atoms with E-state index in [9.17, 15) is 0 Å². The second kappa shape index (κ2) is 4.65. The Balaban J connectivity index is 2.40. The highest BCUT2D eigenvalue weighted by molar-refractivity contribution is 7.15. The maximum atomic E-state index is 8.63. The molecule has 0 amide bonds. The molecule has 0 aliphatic carbocycles. The average molecular weight is 249 g/mol. The number of hydrogen-bond donors (Lipinski definition) is 0. The third-order valence-electron chi connectivity index (χ3n) is 2.18. The zero-order valence-electron chi connectivity index (χ0n) is 8.70. The predicted molar refractivity (Wildman–Crippen MR) is 66.6 cm³/mol. The molecule has 2 aromatic rings. The lowest BCUT2D eigenvalue weighted by molar-refractivity contribution is 1.14. The van der Waals surface area contributed by atoms with Crippen LogP contribution in [0.25, 0.3) is 10.4 Å². The number of halogens is 1. The number of aromatic nitrogens is 1. The number of nitriles is 1. The van der Waals surface area contributed by atoms with Gasteiger partial charge in [-0.15, -0.1) is 11.3 Å². The maximum absolute atomic E-state index is 8.63. The van der Waals surface area contributed by atoms with E-state index in [1.54, 1.807) is 11.3 Å². The molecule has 1 aromatic heterocycles. The van der Waals surface area contributed by atoms with Gasteiger partial charge in [-0.3, -0.25) is 0 Å². The van der Waals surface area contributed by atoms with Gasteiger partial charge in [0, 0.05) is 5.02 Å². The first kappa shape index (κ1) is 11.1. The lowest BCUT2D eigenvalue weighted by Crippen LogP contribution is -1.79. The van der Waals surface area contributed by atoms with E-state index in [4.69, 9.17) is 16.9 Å². The molecule has 80 valence electrons. The number of aryl methyl sites for hydroxylation is 1. The van der Waals surface area contributed by atoms with E-state index < -0.39 is 0 Å². The molecule has 1 heterocycles. The van der Waals surface area contributed by atoms with Crippen molar-refractivity contribution < 1.29 is 0 Å². The van der Waals surface area contributed by atoms with E-state index in [2.05, 4.69) is 11.1 Å². The van der Waals surface area contributed by atoms with Crippen molar-refractivity contribution in [2.24, 2.45) is 0 Å². The van der Waals surface area contributed by atoms with E-state index >= 15 is 0 Å². The Morgan fingerprint density at radius 1 is 1.38 bits per heavy atom. The molecule has 0 unspecified atom stereocenters. The molecule has 0 fully saturated rings. The quantitative estimate of drug-likeness (QED) is 0.810. The van der Waals surface area contributed by atoms with Gasteiger partial charge >= 0.3 is 0 Å². The monoisotopic (exact) mass is 248 g/mol. The van der Waals surface area contributed by atoms with Crippen LogP contribution in [0.3, 0.4) is 0 Å². The lowest BCUT2D eigenvalue weighted by Gasteiger charge is -1.97. The maximum Gasteiger partial charge on any atom is 0.108 e. The lowest BCUT2D eigenvalue weighted by atomic mass is 10.2. The minimum absolute atomic E-state index is 0.374. The minimum atomic E-state index is 0.374. The Labute approximate surface area is 103 Å². The number of thiazole rings is 1. The van der Waals surface area contributed by atoms with Crippen LogP contribution in [0.5, 0.6) is 0 Å². The molecule has 0 spiro atoms. The first-order valence-electron chi connectivity index (χ1n) is 4.80. The summed E-state index contributed by atoms with van der Waals surface area (Å²) in [5, 5.41) is 10.2. The fraction of sp³-hybridized carbons (Fsp3) is 0.167. The summed E-state index contributed by atoms with van der Waals surface area (Å²) in [5.41, 5.74) is 2.07. The molecule has 0 radical (unpaired) electrons. The van der Waals surface area contributed by atoms with Crippen LogP contribution in [-0.2, 0) is 6.42 Å². The van der Waals surface area contributed by atoms with Gasteiger partial charge in [0.2, 0.25) is 0 Å². The average Bonchev–Trinajstić information content (AvgIpc) is 2.61. The van der Waals surface area contributed by atoms with Gasteiger partial charge in [0.25, 0.3) is 0 Å². The zero-order valence-corrected chi connectivity index (χ0v) is 10.3. The number of benzene rings is 1. The van der Waals surface area contributed by atoms with Crippen molar-refractivity contribution in [1.82, 2.24) is 4.98 Å². The third kappa shape index (κ3) is 2.24. The second-order valence-electron chi connectivity index (χ2n) is 3.36. The first-order chi connectivity index (χ1) is 7.70. The van der Waals surface area contributed by atoms with Crippen LogP contribution in [0.4, 0.5) is 0 Å². The van der Waals surface area contributed by atoms with E-state index in [1.165, 1.54) is 0 Å². The summed E-state index contributed by atoms with van der Waals surface area (Å²) in [6.07, 6.45) is 0.374. The van der Waals surface area contributed by atoms with Gasteiger partial charge in [-0.1, -0.05) is 23.7 Å². The van der Waals surface area contributed by atoms with Crippen molar-refractivity contribution >= 4 is 22.9 Å². The largest absolute Gasteiger partial charge is 0.245 e. The highest BCUT2D eigenvalue weighted by Gasteiger charge is 2.09. The zero-order chi connectivity index (χ0) is 11.5. The summed E-state index contributed by atoms with van der Waals surface area (Å²) in [6.45, 7) is 1.96. The van der Waals surface area contributed by atoms with E-state index in [0.29, 0.717) is 6.42 Å². The van der Waals surface area contributed by atoms with Crippen molar-refractivity contribution in [3.63, 3.8) is 0 Å². The molecule has 0 aliphatic rings. The molecule has 2 rings (SSSR count). The number of hydrogen-bond acceptors (Lipinski definition) is 3. The molecular formula is C12H9ClN2S. The van der Waals surface area contributed by atoms with Gasteiger partial charge < -0.3 is 0 Å². The SMILES string of the molecule is Cc1nc(CC#N)sc1-c1ccc(Cl)cc1. The van der Waals surface area contributed by atoms with Crippen LogP contribution >= 0.6 is 22.9 Å². The Hall–Kier alpha value is -1.37. The molecule has 0 aliphatic heterocycles. The molecule has 16 heavy (non-hydrogen) atoms. The standard InChI is InChI=1S/C12H9ClN2S/c1-8-12(16-11(15-8)6-7-14)9-2-4-10(13)5-3-9/h2-5H,6H2,1H3. The number of nitrogens with zero attached hydrogens (tertiary/aromatic N) is 2. The third-order valence-corrected chi connectivity index (χ3v) is 3.64. The van der Waals surface area contributed by atoms with Crippen molar-refractivity contribution in [1.29, 1.82) is 5.26 Å². The second-order valence-corrected chi connectivity index (χ2v) is 4.88. The summed E-state index contributed by atoms with van der Waals surface area (Å²) < 4.78 is 0. The summed E-state index contributed by atoms with van der Waals surface area (Å²) >= 11 is 7.40. The van der Waals surface area contributed by atoms with Crippen LogP contribution in [0.2, 0.25) is 5.02 Å². The molecule has 0 saturated heterocycles. The Morgan fingerprint density at radius 3 is 2.69 bits per heavy atom. The fourth-order valence-electron chi connectivity index (χ4n) is 1.46. The van der Waals surface area contributed by atoms with Crippen LogP contribution in [0, 0.1) is 18.3 Å². The Bertz CT molecular complexity index is 537. The van der Waals surface area contributed by atoms with Crippen molar-refractivity contribution in [3.05, 3.63) is 40.0 Å². The van der Waals surface area contributed by atoms with Gasteiger partial charge in [-0.05, 0) is 24.6 Å². The van der Waals surface area contributed by atoms with Gasteiger partial charge in [0.15, 0.2) is 0 Å². The smallest absolute Gasteiger partial charge is 0.108 e. The summed E-state index contributed by atoms with van der Waals surface area (Å²) in [4.78, 5) is 5.48. The topological polar surface area (TPSA) is 36.7 Å². The van der Waals surface area contributed by atoms with E-state index in [1.807, 2.05) is 31.2 Å². The fourth-order valence-corrected chi connectivity index (χ4v) is 2.59. The highest BCUT2D eigenvalue weighted by Crippen LogP contribution is 2.30. The molecular weight excluding hydrogens is 240 g/mol. The summed E-state index contributed by atoms with van der Waals surface area (Å²) in [5.74, 6) is 0. The molecule has 2 nitrogen and oxygen atoms in total. The molecule has 0 atom stereocenters. The molecule has 0 saturated carbocycles.